The zero-order valence-electron chi connectivity index (χ0n) is 11.8. The number of aromatic nitrogens is 1. The van der Waals surface area contributed by atoms with Gasteiger partial charge < -0.3 is 9.84 Å². The van der Waals surface area contributed by atoms with E-state index >= 15 is 0 Å². The number of carbonyl (C=O) groups excluding carboxylic acids is 1. The minimum absolute atomic E-state index is 0.0390. The maximum Gasteiger partial charge on any atom is 0.214 e. The van der Waals surface area contributed by atoms with Crippen molar-refractivity contribution in [3.8, 4) is 11.5 Å². The molecular formula is C17H13NO3S. The van der Waals surface area contributed by atoms with Crippen LogP contribution in [-0.2, 0) is 0 Å². The molecule has 0 fully saturated rings. The number of para-hydroxylation sites is 1. The van der Waals surface area contributed by atoms with E-state index in [1.165, 1.54) is 24.5 Å². The number of methoxy groups -OCH3 is 1. The second kappa shape index (κ2) is 5.99. The molecule has 0 aliphatic rings. The maximum absolute atomic E-state index is 12.2. The standard InChI is InChI=1S/C17H13NO3S/c1-21-15-9-7-11(10-14(15)20)6-8-13(19)17-18-12-4-2-3-5-16(12)22-17/h2-10,20H,1H3/b8-6+. The van der Waals surface area contributed by atoms with Crippen LogP contribution in [0.15, 0.2) is 48.5 Å². The third-order valence-corrected chi connectivity index (χ3v) is 4.19. The fourth-order valence-electron chi connectivity index (χ4n) is 2.03. The van der Waals surface area contributed by atoms with Gasteiger partial charge in [-0.1, -0.05) is 24.3 Å². The summed E-state index contributed by atoms with van der Waals surface area (Å²) >= 11 is 1.37. The summed E-state index contributed by atoms with van der Waals surface area (Å²) in [6.45, 7) is 0. The highest BCUT2D eigenvalue weighted by molar-refractivity contribution is 7.20. The first-order chi connectivity index (χ1) is 10.7. The average Bonchev–Trinajstić information content (AvgIpc) is 2.97. The van der Waals surface area contributed by atoms with Gasteiger partial charge in [0.25, 0.3) is 0 Å². The largest absolute Gasteiger partial charge is 0.504 e. The number of phenolic OH excluding ortho intramolecular Hbond substituents is 1. The Labute approximate surface area is 131 Å². The lowest BCUT2D eigenvalue weighted by atomic mass is 10.1. The van der Waals surface area contributed by atoms with Gasteiger partial charge >= 0.3 is 0 Å². The topological polar surface area (TPSA) is 59.4 Å². The van der Waals surface area contributed by atoms with Crippen molar-refractivity contribution in [2.75, 3.05) is 7.11 Å². The molecule has 1 aromatic heterocycles. The van der Waals surface area contributed by atoms with Gasteiger partial charge in [-0.25, -0.2) is 4.98 Å². The highest BCUT2D eigenvalue weighted by Crippen LogP contribution is 2.27. The molecule has 0 atom stereocenters. The van der Waals surface area contributed by atoms with E-state index in [-0.39, 0.29) is 11.5 Å². The first-order valence-corrected chi connectivity index (χ1v) is 7.44. The normalized spacial score (nSPS) is 11.1. The minimum atomic E-state index is -0.156. The van der Waals surface area contributed by atoms with Gasteiger partial charge in [0, 0.05) is 0 Å². The molecule has 2 aromatic carbocycles. The predicted molar refractivity (Wildman–Crippen MR) is 87.6 cm³/mol. The van der Waals surface area contributed by atoms with E-state index in [1.54, 1.807) is 24.3 Å². The predicted octanol–water partition coefficient (Wildman–Crippen LogP) is 3.91. The second-order valence-corrected chi connectivity index (χ2v) is 5.65. The number of hydrogen-bond donors (Lipinski definition) is 1. The van der Waals surface area contributed by atoms with Crippen molar-refractivity contribution in [1.29, 1.82) is 0 Å². The maximum atomic E-state index is 12.2. The van der Waals surface area contributed by atoms with Crippen LogP contribution in [0.5, 0.6) is 11.5 Å². The van der Waals surface area contributed by atoms with Crippen LogP contribution >= 0.6 is 11.3 Å². The number of allylic oxidation sites excluding steroid dienone is 1. The number of rotatable bonds is 4. The third kappa shape index (κ3) is 2.84. The van der Waals surface area contributed by atoms with Gasteiger partial charge in [0.15, 0.2) is 16.5 Å². The van der Waals surface area contributed by atoms with Crippen molar-refractivity contribution in [3.05, 3.63) is 59.1 Å². The number of hydrogen-bond acceptors (Lipinski definition) is 5. The van der Waals surface area contributed by atoms with Crippen molar-refractivity contribution >= 4 is 33.4 Å². The van der Waals surface area contributed by atoms with Crippen LogP contribution in [0, 0.1) is 0 Å². The molecule has 3 aromatic rings. The summed E-state index contributed by atoms with van der Waals surface area (Å²) in [4.78, 5) is 16.5. The molecule has 5 heteroatoms. The number of ether oxygens (including phenoxy) is 1. The van der Waals surface area contributed by atoms with Crippen molar-refractivity contribution in [2.24, 2.45) is 0 Å². The summed E-state index contributed by atoms with van der Waals surface area (Å²) in [6, 6.07) is 12.6. The van der Waals surface area contributed by atoms with Crippen molar-refractivity contribution in [1.82, 2.24) is 4.98 Å². The number of aromatic hydroxyl groups is 1. The number of carbonyl (C=O) groups is 1. The van der Waals surface area contributed by atoms with Crippen molar-refractivity contribution in [3.63, 3.8) is 0 Å². The number of fused-ring (bicyclic) bond motifs is 1. The molecule has 0 amide bonds. The van der Waals surface area contributed by atoms with Crippen LogP contribution in [-0.4, -0.2) is 23.0 Å². The van der Waals surface area contributed by atoms with E-state index in [4.69, 9.17) is 4.74 Å². The lowest BCUT2D eigenvalue weighted by Gasteiger charge is -2.02. The Morgan fingerprint density at radius 1 is 1.27 bits per heavy atom. The first kappa shape index (κ1) is 14.3. The zero-order chi connectivity index (χ0) is 15.5. The Morgan fingerprint density at radius 3 is 2.82 bits per heavy atom. The van der Waals surface area contributed by atoms with Gasteiger partial charge in [-0.3, -0.25) is 4.79 Å². The summed E-state index contributed by atoms with van der Waals surface area (Å²) in [5.41, 5.74) is 1.54. The molecule has 22 heavy (non-hydrogen) atoms. The van der Waals surface area contributed by atoms with Crippen LogP contribution in [0.25, 0.3) is 16.3 Å². The SMILES string of the molecule is COc1ccc(/C=C/C(=O)c2nc3ccccc3s2)cc1O. The number of ketones is 1. The Kier molecular flexibility index (Phi) is 3.89. The number of benzene rings is 2. The molecule has 0 unspecified atom stereocenters. The van der Waals surface area contributed by atoms with E-state index < -0.39 is 0 Å². The van der Waals surface area contributed by atoms with Gasteiger partial charge in [-0.15, -0.1) is 11.3 Å². The summed E-state index contributed by atoms with van der Waals surface area (Å²) in [7, 11) is 1.49. The molecule has 4 nitrogen and oxygen atoms in total. The van der Waals surface area contributed by atoms with Gasteiger partial charge in [-0.2, -0.15) is 0 Å². The van der Waals surface area contributed by atoms with Crippen molar-refractivity contribution in [2.45, 2.75) is 0 Å². The van der Waals surface area contributed by atoms with E-state index in [2.05, 4.69) is 4.98 Å². The van der Waals surface area contributed by atoms with E-state index in [0.29, 0.717) is 16.3 Å². The van der Waals surface area contributed by atoms with E-state index in [0.717, 1.165) is 10.2 Å². The molecule has 1 heterocycles. The molecule has 0 saturated carbocycles. The highest BCUT2D eigenvalue weighted by Gasteiger charge is 2.09. The Bertz CT molecular complexity index is 834. The molecule has 0 aliphatic heterocycles. The molecule has 0 aliphatic carbocycles. The van der Waals surface area contributed by atoms with Crippen molar-refractivity contribution < 1.29 is 14.6 Å². The number of thiazole rings is 1. The van der Waals surface area contributed by atoms with Crippen LogP contribution in [0.4, 0.5) is 0 Å². The average molecular weight is 311 g/mol. The Hall–Kier alpha value is -2.66. The van der Waals surface area contributed by atoms with Gasteiger partial charge in [-0.05, 0) is 35.9 Å². The first-order valence-electron chi connectivity index (χ1n) is 6.62. The van der Waals surface area contributed by atoms with Gasteiger partial charge in [0.2, 0.25) is 5.78 Å². The van der Waals surface area contributed by atoms with Gasteiger partial charge in [0.1, 0.15) is 0 Å². The number of nitrogens with zero attached hydrogens (tertiary/aromatic N) is 1. The second-order valence-electron chi connectivity index (χ2n) is 4.62. The Morgan fingerprint density at radius 2 is 2.09 bits per heavy atom. The lowest BCUT2D eigenvalue weighted by Crippen LogP contribution is -1.92. The molecule has 1 N–H and O–H groups in total. The zero-order valence-corrected chi connectivity index (χ0v) is 12.6. The fraction of sp³-hybridized carbons (Fsp3) is 0.0588. The molecule has 3 rings (SSSR count). The fourth-order valence-corrected chi connectivity index (χ4v) is 2.92. The molecule has 110 valence electrons. The van der Waals surface area contributed by atoms with Gasteiger partial charge in [0.05, 0.1) is 17.3 Å². The molecule has 0 radical (unpaired) electrons. The summed E-state index contributed by atoms with van der Waals surface area (Å²) in [5, 5.41) is 10.2. The third-order valence-electron chi connectivity index (χ3n) is 3.13. The lowest BCUT2D eigenvalue weighted by molar-refractivity contribution is 0.104. The van der Waals surface area contributed by atoms with Crippen LogP contribution in [0.3, 0.4) is 0 Å². The summed E-state index contributed by atoms with van der Waals surface area (Å²) in [6.07, 6.45) is 3.10. The Balaban J connectivity index is 1.82. The molecule has 0 bridgehead atoms. The molecule has 0 spiro atoms. The minimum Gasteiger partial charge on any atom is -0.504 e. The molecule has 0 saturated heterocycles. The molecular weight excluding hydrogens is 298 g/mol. The summed E-state index contributed by atoms with van der Waals surface area (Å²) < 4.78 is 5.97. The smallest absolute Gasteiger partial charge is 0.214 e. The number of phenols is 1. The van der Waals surface area contributed by atoms with E-state index in [9.17, 15) is 9.90 Å². The van der Waals surface area contributed by atoms with E-state index in [1.807, 2.05) is 24.3 Å². The summed E-state index contributed by atoms with van der Waals surface area (Å²) in [5.74, 6) is 0.281. The quantitative estimate of drug-likeness (QED) is 0.586. The van der Waals surface area contributed by atoms with Crippen LogP contribution in [0.2, 0.25) is 0 Å². The van der Waals surface area contributed by atoms with Crippen LogP contribution in [0.1, 0.15) is 15.4 Å². The van der Waals surface area contributed by atoms with Crippen LogP contribution < -0.4 is 4.74 Å². The highest BCUT2D eigenvalue weighted by atomic mass is 32.1. The monoisotopic (exact) mass is 311 g/mol.